The lowest BCUT2D eigenvalue weighted by molar-refractivity contribution is -0.111. The van der Waals surface area contributed by atoms with Crippen LogP contribution in [-0.2, 0) is 4.79 Å². The number of amides is 1. The Balaban J connectivity index is 2.04. The highest BCUT2D eigenvalue weighted by molar-refractivity contribution is 6.02. The molecule has 2 rings (SSSR count). The minimum absolute atomic E-state index is 0.123. The third kappa shape index (κ3) is 5.49. The Morgan fingerprint density at radius 1 is 1.16 bits per heavy atom. The summed E-state index contributed by atoms with van der Waals surface area (Å²) in [5.74, 6) is 1.09. The van der Waals surface area contributed by atoms with Gasteiger partial charge in [-0.2, -0.15) is 0 Å². The van der Waals surface area contributed by atoms with Crippen LogP contribution in [-0.4, -0.2) is 12.5 Å². The first-order valence-electron chi connectivity index (χ1n) is 8.82. The number of nitrogens with one attached hydrogen (secondary N) is 1. The molecule has 0 saturated heterocycles. The van der Waals surface area contributed by atoms with E-state index in [4.69, 9.17) is 4.74 Å². The Hall–Kier alpha value is -2.55. The van der Waals surface area contributed by atoms with E-state index in [0.717, 1.165) is 34.5 Å². The normalized spacial score (nSPS) is 11.1. The van der Waals surface area contributed by atoms with Gasteiger partial charge in [-0.3, -0.25) is 4.79 Å². The fraction of sp³-hybridized carbons (Fsp3) is 0.318. The van der Waals surface area contributed by atoms with Crippen molar-refractivity contribution in [2.24, 2.45) is 0 Å². The van der Waals surface area contributed by atoms with Gasteiger partial charge in [0.2, 0.25) is 5.91 Å². The van der Waals surface area contributed by atoms with Crippen LogP contribution in [0, 0.1) is 6.92 Å². The SMILES string of the molecule is CCCOc1ccc(C=CC(=O)Nc2c(C)cccc2C(C)C)cc1. The Labute approximate surface area is 150 Å². The second-order valence-electron chi connectivity index (χ2n) is 6.43. The maximum atomic E-state index is 12.3. The molecule has 0 radical (unpaired) electrons. The van der Waals surface area contributed by atoms with Gasteiger partial charge < -0.3 is 10.1 Å². The number of ether oxygens (including phenoxy) is 1. The molecule has 0 aliphatic rings. The van der Waals surface area contributed by atoms with Crippen LogP contribution >= 0.6 is 0 Å². The zero-order valence-electron chi connectivity index (χ0n) is 15.5. The van der Waals surface area contributed by atoms with E-state index >= 15 is 0 Å². The molecule has 1 amide bonds. The van der Waals surface area contributed by atoms with Crippen LogP contribution < -0.4 is 10.1 Å². The molecule has 132 valence electrons. The smallest absolute Gasteiger partial charge is 0.248 e. The summed E-state index contributed by atoms with van der Waals surface area (Å²) < 4.78 is 5.56. The maximum absolute atomic E-state index is 12.3. The van der Waals surface area contributed by atoms with Gasteiger partial charge in [0.05, 0.1) is 6.61 Å². The van der Waals surface area contributed by atoms with Crippen LogP contribution in [0.2, 0.25) is 0 Å². The number of hydrogen-bond acceptors (Lipinski definition) is 2. The van der Waals surface area contributed by atoms with Gasteiger partial charge in [-0.15, -0.1) is 0 Å². The van der Waals surface area contributed by atoms with Crippen molar-refractivity contribution >= 4 is 17.7 Å². The van der Waals surface area contributed by atoms with E-state index in [2.05, 4.69) is 32.2 Å². The van der Waals surface area contributed by atoms with E-state index in [9.17, 15) is 4.79 Å². The van der Waals surface area contributed by atoms with Crippen molar-refractivity contribution < 1.29 is 9.53 Å². The standard InChI is InChI=1S/C22H27NO2/c1-5-15-25-19-12-9-18(10-13-19)11-14-21(24)23-22-17(4)7-6-8-20(22)16(2)3/h6-14,16H,5,15H2,1-4H3,(H,23,24). The Morgan fingerprint density at radius 2 is 1.88 bits per heavy atom. The monoisotopic (exact) mass is 337 g/mol. The third-order valence-corrected chi connectivity index (χ3v) is 3.96. The van der Waals surface area contributed by atoms with Crippen molar-refractivity contribution in [1.82, 2.24) is 0 Å². The molecule has 3 heteroatoms. The van der Waals surface area contributed by atoms with Gasteiger partial charge >= 0.3 is 0 Å². The Kier molecular flexibility index (Phi) is 6.81. The number of para-hydroxylation sites is 1. The predicted molar refractivity (Wildman–Crippen MR) is 105 cm³/mol. The molecule has 0 fully saturated rings. The van der Waals surface area contributed by atoms with Crippen molar-refractivity contribution in [2.45, 2.75) is 40.0 Å². The summed E-state index contributed by atoms with van der Waals surface area (Å²) in [6.07, 6.45) is 4.36. The fourth-order valence-corrected chi connectivity index (χ4v) is 2.57. The van der Waals surface area contributed by atoms with Crippen LogP contribution in [0.1, 0.15) is 49.8 Å². The minimum atomic E-state index is -0.123. The number of benzene rings is 2. The molecule has 0 unspecified atom stereocenters. The van der Waals surface area contributed by atoms with E-state index in [1.807, 2.05) is 49.4 Å². The highest BCUT2D eigenvalue weighted by atomic mass is 16.5. The molecule has 1 N–H and O–H groups in total. The lowest BCUT2D eigenvalue weighted by Gasteiger charge is -2.15. The van der Waals surface area contributed by atoms with Gasteiger partial charge in [-0.05, 0) is 54.2 Å². The summed E-state index contributed by atoms with van der Waals surface area (Å²) in [4.78, 5) is 12.3. The van der Waals surface area contributed by atoms with E-state index < -0.39 is 0 Å². The first-order chi connectivity index (χ1) is 12.0. The molecule has 25 heavy (non-hydrogen) atoms. The lowest BCUT2D eigenvalue weighted by Crippen LogP contribution is -2.11. The molecule has 0 aliphatic carbocycles. The summed E-state index contributed by atoms with van der Waals surface area (Å²) >= 11 is 0. The number of carbonyl (C=O) groups is 1. The molecule has 2 aromatic carbocycles. The topological polar surface area (TPSA) is 38.3 Å². The maximum Gasteiger partial charge on any atom is 0.248 e. The van der Waals surface area contributed by atoms with Crippen LogP contribution in [0.3, 0.4) is 0 Å². The summed E-state index contributed by atoms with van der Waals surface area (Å²) in [5, 5.41) is 3.02. The van der Waals surface area contributed by atoms with Gasteiger partial charge in [-0.25, -0.2) is 0 Å². The van der Waals surface area contributed by atoms with E-state index in [0.29, 0.717) is 12.5 Å². The summed E-state index contributed by atoms with van der Waals surface area (Å²) in [7, 11) is 0. The third-order valence-electron chi connectivity index (χ3n) is 3.96. The van der Waals surface area contributed by atoms with Crippen molar-refractivity contribution in [2.75, 3.05) is 11.9 Å². The van der Waals surface area contributed by atoms with Crippen LogP contribution in [0.25, 0.3) is 6.08 Å². The molecular formula is C22H27NO2. The first-order valence-corrected chi connectivity index (χ1v) is 8.82. The highest BCUT2D eigenvalue weighted by Gasteiger charge is 2.10. The minimum Gasteiger partial charge on any atom is -0.494 e. The number of carbonyl (C=O) groups excluding carboxylic acids is 1. The van der Waals surface area contributed by atoms with E-state index in [1.54, 1.807) is 6.08 Å². The summed E-state index contributed by atoms with van der Waals surface area (Å²) in [5.41, 5.74) is 4.10. The van der Waals surface area contributed by atoms with Crippen molar-refractivity contribution in [3.63, 3.8) is 0 Å². The molecule has 0 heterocycles. The average Bonchev–Trinajstić information content (AvgIpc) is 2.60. The van der Waals surface area contributed by atoms with Crippen LogP contribution in [0.4, 0.5) is 5.69 Å². The molecule has 0 spiro atoms. The number of rotatable bonds is 7. The fourth-order valence-electron chi connectivity index (χ4n) is 2.57. The quantitative estimate of drug-likeness (QED) is 0.672. The van der Waals surface area contributed by atoms with Gasteiger partial charge in [-0.1, -0.05) is 51.1 Å². The number of anilines is 1. The van der Waals surface area contributed by atoms with Gasteiger partial charge in [0.15, 0.2) is 0 Å². The number of aryl methyl sites for hydroxylation is 1. The van der Waals surface area contributed by atoms with Crippen molar-refractivity contribution in [3.05, 3.63) is 65.2 Å². The predicted octanol–water partition coefficient (Wildman–Crippen LogP) is 5.56. The highest BCUT2D eigenvalue weighted by Crippen LogP contribution is 2.27. The first kappa shape index (κ1) is 18.8. The second-order valence-corrected chi connectivity index (χ2v) is 6.43. The molecule has 0 bridgehead atoms. The molecule has 2 aromatic rings. The van der Waals surface area contributed by atoms with E-state index in [1.165, 1.54) is 0 Å². The zero-order chi connectivity index (χ0) is 18.2. The number of hydrogen-bond donors (Lipinski definition) is 1. The molecule has 0 aromatic heterocycles. The Bertz CT molecular complexity index is 730. The molecule has 0 aliphatic heterocycles. The van der Waals surface area contributed by atoms with Gasteiger partial charge in [0.25, 0.3) is 0 Å². The van der Waals surface area contributed by atoms with Crippen molar-refractivity contribution in [1.29, 1.82) is 0 Å². The molecule has 0 saturated carbocycles. The molecule has 0 atom stereocenters. The van der Waals surface area contributed by atoms with Crippen LogP contribution in [0.5, 0.6) is 5.75 Å². The summed E-state index contributed by atoms with van der Waals surface area (Å²) in [6.45, 7) is 9.06. The largest absolute Gasteiger partial charge is 0.494 e. The zero-order valence-corrected chi connectivity index (χ0v) is 15.5. The summed E-state index contributed by atoms with van der Waals surface area (Å²) in [6, 6.07) is 13.8. The molecular weight excluding hydrogens is 310 g/mol. The lowest BCUT2D eigenvalue weighted by atomic mass is 9.98. The Morgan fingerprint density at radius 3 is 2.52 bits per heavy atom. The van der Waals surface area contributed by atoms with Crippen molar-refractivity contribution in [3.8, 4) is 5.75 Å². The average molecular weight is 337 g/mol. The van der Waals surface area contributed by atoms with Gasteiger partial charge in [0.1, 0.15) is 5.75 Å². The van der Waals surface area contributed by atoms with E-state index in [-0.39, 0.29) is 5.91 Å². The molecule has 3 nitrogen and oxygen atoms in total. The van der Waals surface area contributed by atoms with Crippen LogP contribution in [0.15, 0.2) is 48.5 Å². The van der Waals surface area contributed by atoms with Gasteiger partial charge in [0, 0.05) is 11.8 Å². The second kappa shape index (κ2) is 9.07.